The number of nitrogens with zero attached hydrogens (tertiary/aromatic N) is 4. The Kier molecular flexibility index (Phi) is 5.11. The highest BCUT2D eigenvalue weighted by atomic mass is 19.1. The number of halogens is 1. The third kappa shape index (κ3) is 4.35. The van der Waals surface area contributed by atoms with Crippen molar-refractivity contribution in [2.45, 2.75) is 13.5 Å². The fraction of sp³-hybridized carbons (Fsp3) is 0.0909. The second kappa shape index (κ2) is 8.02. The van der Waals surface area contributed by atoms with Crippen molar-refractivity contribution in [2.24, 2.45) is 0 Å². The molecule has 4 aromatic rings. The molecule has 29 heavy (non-hydrogen) atoms. The Morgan fingerprint density at radius 3 is 2.66 bits per heavy atom. The van der Waals surface area contributed by atoms with Gasteiger partial charge in [-0.3, -0.25) is 4.79 Å². The summed E-state index contributed by atoms with van der Waals surface area (Å²) in [4.78, 5) is 13.9. The van der Waals surface area contributed by atoms with Gasteiger partial charge < -0.3 is 5.32 Å². The Morgan fingerprint density at radius 1 is 1.03 bits per heavy atom. The van der Waals surface area contributed by atoms with Gasteiger partial charge in [0, 0.05) is 16.8 Å². The largest absolute Gasteiger partial charge is 0.322 e. The molecule has 0 saturated heterocycles. The van der Waals surface area contributed by atoms with E-state index in [1.54, 1.807) is 31.2 Å². The molecule has 6 nitrogen and oxygen atoms in total. The van der Waals surface area contributed by atoms with Gasteiger partial charge in [0.2, 0.25) is 5.82 Å². The number of hydrogen-bond acceptors (Lipinski definition) is 4. The maximum absolute atomic E-state index is 13.5. The predicted octanol–water partition coefficient (Wildman–Crippen LogP) is 4.09. The third-order valence-electron chi connectivity index (χ3n) is 4.41. The summed E-state index contributed by atoms with van der Waals surface area (Å²) < 4.78 is 13.5. The standard InChI is InChI=1S/C22H18FN5O/c1-15-12-17(10-11-20(15)23)21-25-27-28(26-21)14-16-6-5-7-18(13-16)22(29)24-19-8-3-2-4-9-19/h2-13H,14H2,1H3,(H,24,29). The molecule has 1 N–H and O–H groups in total. The number of anilines is 1. The fourth-order valence-electron chi connectivity index (χ4n) is 2.91. The highest BCUT2D eigenvalue weighted by Gasteiger charge is 2.10. The van der Waals surface area contributed by atoms with Gasteiger partial charge in [0.25, 0.3) is 5.91 Å². The molecule has 0 aliphatic rings. The minimum atomic E-state index is -0.272. The summed E-state index contributed by atoms with van der Waals surface area (Å²) in [5.41, 5.74) is 3.37. The second-order valence-electron chi connectivity index (χ2n) is 6.63. The van der Waals surface area contributed by atoms with Crippen molar-refractivity contribution in [2.75, 3.05) is 5.32 Å². The summed E-state index contributed by atoms with van der Waals surface area (Å²) >= 11 is 0. The van der Waals surface area contributed by atoms with E-state index in [-0.39, 0.29) is 11.7 Å². The number of hydrogen-bond donors (Lipinski definition) is 1. The van der Waals surface area contributed by atoms with Crippen LogP contribution in [0, 0.1) is 12.7 Å². The van der Waals surface area contributed by atoms with Crippen LogP contribution in [-0.4, -0.2) is 26.1 Å². The number of benzene rings is 3. The first kappa shape index (κ1) is 18.5. The van der Waals surface area contributed by atoms with Gasteiger partial charge in [-0.25, -0.2) is 4.39 Å². The van der Waals surface area contributed by atoms with Crippen molar-refractivity contribution < 1.29 is 9.18 Å². The quantitative estimate of drug-likeness (QED) is 0.560. The molecule has 1 aromatic heterocycles. The molecule has 4 rings (SSSR count). The molecule has 0 fully saturated rings. The van der Waals surface area contributed by atoms with Crippen LogP contribution in [0.4, 0.5) is 10.1 Å². The number of para-hydroxylation sites is 1. The van der Waals surface area contributed by atoms with Gasteiger partial charge in [-0.05, 0) is 65.7 Å². The van der Waals surface area contributed by atoms with Gasteiger partial charge in [-0.15, -0.1) is 10.2 Å². The Morgan fingerprint density at radius 2 is 1.86 bits per heavy atom. The van der Waals surface area contributed by atoms with E-state index >= 15 is 0 Å². The number of tetrazole rings is 1. The molecule has 144 valence electrons. The molecule has 7 heteroatoms. The van der Waals surface area contributed by atoms with Crippen LogP contribution >= 0.6 is 0 Å². The zero-order valence-electron chi connectivity index (χ0n) is 15.7. The SMILES string of the molecule is Cc1cc(-c2nnn(Cc3cccc(C(=O)Nc4ccccc4)c3)n2)ccc1F. The number of amides is 1. The molecule has 0 radical (unpaired) electrons. The topological polar surface area (TPSA) is 72.7 Å². The first-order valence-corrected chi connectivity index (χ1v) is 9.08. The number of carbonyl (C=O) groups is 1. The van der Waals surface area contributed by atoms with Crippen LogP contribution < -0.4 is 5.32 Å². The minimum Gasteiger partial charge on any atom is -0.322 e. The van der Waals surface area contributed by atoms with E-state index in [2.05, 4.69) is 20.7 Å². The van der Waals surface area contributed by atoms with Crippen LogP contribution in [0.1, 0.15) is 21.5 Å². The van der Waals surface area contributed by atoms with Crippen molar-refractivity contribution in [3.05, 3.63) is 95.3 Å². The zero-order chi connectivity index (χ0) is 20.2. The van der Waals surface area contributed by atoms with Crippen LogP contribution in [0.25, 0.3) is 11.4 Å². The molecule has 1 amide bonds. The van der Waals surface area contributed by atoms with Crippen LogP contribution in [0.5, 0.6) is 0 Å². The molecule has 0 unspecified atom stereocenters. The van der Waals surface area contributed by atoms with Crippen LogP contribution in [-0.2, 0) is 6.54 Å². The van der Waals surface area contributed by atoms with E-state index in [0.717, 1.165) is 11.3 Å². The lowest BCUT2D eigenvalue weighted by Crippen LogP contribution is -2.12. The molecular weight excluding hydrogens is 369 g/mol. The molecule has 0 saturated carbocycles. The van der Waals surface area contributed by atoms with Gasteiger partial charge in [-0.1, -0.05) is 30.3 Å². The van der Waals surface area contributed by atoms with Gasteiger partial charge in [0.1, 0.15) is 5.82 Å². The number of carbonyl (C=O) groups excluding carboxylic acids is 1. The Balaban J connectivity index is 1.49. The molecule has 0 atom stereocenters. The van der Waals surface area contributed by atoms with Crippen molar-refractivity contribution in [3.8, 4) is 11.4 Å². The summed E-state index contributed by atoms with van der Waals surface area (Å²) in [7, 11) is 0. The van der Waals surface area contributed by atoms with E-state index < -0.39 is 0 Å². The van der Waals surface area contributed by atoms with Crippen molar-refractivity contribution in [1.29, 1.82) is 0 Å². The number of nitrogens with one attached hydrogen (secondary N) is 1. The van der Waals surface area contributed by atoms with E-state index in [9.17, 15) is 9.18 Å². The lowest BCUT2D eigenvalue weighted by molar-refractivity contribution is 0.102. The Bertz CT molecular complexity index is 1160. The highest BCUT2D eigenvalue weighted by molar-refractivity contribution is 6.04. The molecular formula is C22H18FN5O. The zero-order valence-corrected chi connectivity index (χ0v) is 15.7. The van der Waals surface area contributed by atoms with E-state index in [4.69, 9.17) is 0 Å². The van der Waals surface area contributed by atoms with Crippen LogP contribution in [0.15, 0.2) is 72.8 Å². The second-order valence-corrected chi connectivity index (χ2v) is 6.63. The first-order chi connectivity index (χ1) is 14.1. The van der Waals surface area contributed by atoms with E-state index in [1.807, 2.05) is 42.5 Å². The first-order valence-electron chi connectivity index (χ1n) is 9.08. The molecule has 0 aliphatic carbocycles. The maximum Gasteiger partial charge on any atom is 0.255 e. The lowest BCUT2D eigenvalue weighted by Gasteiger charge is -2.06. The van der Waals surface area contributed by atoms with Crippen LogP contribution in [0.2, 0.25) is 0 Å². The molecule has 1 heterocycles. The molecule has 0 aliphatic heterocycles. The summed E-state index contributed by atoms with van der Waals surface area (Å²) in [6.45, 7) is 2.05. The van der Waals surface area contributed by atoms with Gasteiger partial charge >= 0.3 is 0 Å². The Labute approximate surface area is 167 Å². The molecule has 3 aromatic carbocycles. The van der Waals surface area contributed by atoms with Gasteiger partial charge in [-0.2, -0.15) is 4.80 Å². The Hall–Kier alpha value is -3.87. The predicted molar refractivity (Wildman–Crippen MR) is 108 cm³/mol. The summed E-state index contributed by atoms with van der Waals surface area (Å²) in [6.07, 6.45) is 0. The lowest BCUT2D eigenvalue weighted by atomic mass is 10.1. The maximum atomic E-state index is 13.5. The number of rotatable bonds is 5. The summed E-state index contributed by atoms with van der Waals surface area (Å²) in [5.74, 6) is -0.0371. The average molecular weight is 387 g/mol. The van der Waals surface area contributed by atoms with Crippen molar-refractivity contribution in [1.82, 2.24) is 20.2 Å². The summed E-state index contributed by atoms with van der Waals surface area (Å²) in [6, 6.07) is 21.2. The van der Waals surface area contributed by atoms with Gasteiger partial charge in [0.05, 0.1) is 6.54 Å². The molecule has 0 bridgehead atoms. The number of aromatic nitrogens is 4. The monoisotopic (exact) mass is 387 g/mol. The molecule has 0 spiro atoms. The third-order valence-corrected chi connectivity index (χ3v) is 4.41. The van der Waals surface area contributed by atoms with E-state index in [0.29, 0.717) is 29.1 Å². The van der Waals surface area contributed by atoms with Crippen LogP contribution in [0.3, 0.4) is 0 Å². The number of aryl methyl sites for hydroxylation is 1. The van der Waals surface area contributed by atoms with Gasteiger partial charge in [0.15, 0.2) is 0 Å². The van der Waals surface area contributed by atoms with E-state index in [1.165, 1.54) is 10.9 Å². The summed E-state index contributed by atoms with van der Waals surface area (Å²) in [5, 5.41) is 15.3. The highest BCUT2D eigenvalue weighted by Crippen LogP contribution is 2.18. The minimum absolute atomic E-state index is 0.188. The van der Waals surface area contributed by atoms with Crippen molar-refractivity contribution >= 4 is 11.6 Å². The fourth-order valence-corrected chi connectivity index (χ4v) is 2.91. The normalized spacial score (nSPS) is 10.7. The van der Waals surface area contributed by atoms with Crippen molar-refractivity contribution in [3.63, 3.8) is 0 Å². The smallest absolute Gasteiger partial charge is 0.255 e. The average Bonchev–Trinajstić information content (AvgIpc) is 3.19.